The SMILES string of the molecule is CN(CCC(N)=S)C(=O)COCC1CCOC1. The van der Waals surface area contributed by atoms with E-state index in [0.29, 0.717) is 30.5 Å². The van der Waals surface area contributed by atoms with Crippen LogP contribution in [0.4, 0.5) is 0 Å². The standard InChI is InChI=1S/C11H20N2O3S/c1-13(4-2-10(12)17)11(14)8-16-7-9-3-5-15-6-9/h9H,2-8H2,1H3,(H2,12,17). The van der Waals surface area contributed by atoms with E-state index in [0.717, 1.165) is 19.6 Å². The van der Waals surface area contributed by atoms with Crippen molar-refractivity contribution in [1.29, 1.82) is 0 Å². The molecule has 1 fully saturated rings. The molecule has 1 saturated heterocycles. The molecule has 0 aliphatic carbocycles. The Bertz CT molecular complexity index is 267. The third kappa shape index (κ3) is 5.95. The van der Waals surface area contributed by atoms with Crippen molar-refractivity contribution in [3.63, 3.8) is 0 Å². The Hall–Kier alpha value is -0.720. The summed E-state index contributed by atoms with van der Waals surface area (Å²) < 4.78 is 10.6. The second kappa shape index (κ2) is 7.58. The largest absolute Gasteiger partial charge is 0.393 e. The summed E-state index contributed by atoms with van der Waals surface area (Å²) >= 11 is 4.76. The number of ether oxygens (including phenoxy) is 2. The van der Waals surface area contributed by atoms with Crippen molar-refractivity contribution in [2.45, 2.75) is 12.8 Å². The molecule has 1 atom stereocenters. The smallest absolute Gasteiger partial charge is 0.248 e. The summed E-state index contributed by atoms with van der Waals surface area (Å²) in [5.41, 5.74) is 5.37. The second-order valence-corrected chi connectivity index (χ2v) is 4.80. The van der Waals surface area contributed by atoms with E-state index >= 15 is 0 Å². The number of carbonyl (C=O) groups excluding carboxylic acids is 1. The van der Waals surface area contributed by atoms with Crippen LogP contribution in [0.2, 0.25) is 0 Å². The lowest BCUT2D eigenvalue weighted by Crippen LogP contribution is -2.33. The van der Waals surface area contributed by atoms with Crippen LogP contribution in [-0.4, -0.2) is 55.8 Å². The molecule has 0 aromatic heterocycles. The number of rotatable bonds is 7. The third-order valence-electron chi connectivity index (χ3n) is 2.72. The van der Waals surface area contributed by atoms with E-state index < -0.39 is 0 Å². The van der Waals surface area contributed by atoms with Gasteiger partial charge in [0, 0.05) is 32.5 Å². The van der Waals surface area contributed by atoms with Gasteiger partial charge >= 0.3 is 0 Å². The van der Waals surface area contributed by atoms with Crippen LogP contribution < -0.4 is 5.73 Å². The molecule has 0 aromatic rings. The Morgan fingerprint density at radius 1 is 1.65 bits per heavy atom. The van der Waals surface area contributed by atoms with E-state index in [9.17, 15) is 4.79 Å². The van der Waals surface area contributed by atoms with E-state index in [1.54, 1.807) is 11.9 Å². The number of nitrogens with two attached hydrogens (primary N) is 1. The van der Waals surface area contributed by atoms with Crippen LogP contribution in [-0.2, 0) is 14.3 Å². The molecule has 1 aliphatic rings. The summed E-state index contributed by atoms with van der Waals surface area (Å²) in [7, 11) is 1.72. The number of carbonyl (C=O) groups is 1. The van der Waals surface area contributed by atoms with Crippen molar-refractivity contribution < 1.29 is 14.3 Å². The minimum atomic E-state index is -0.0415. The van der Waals surface area contributed by atoms with Gasteiger partial charge in [0.25, 0.3) is 0 Å². The maximum atomic E-state index is 11.6. The van der Waals surface area contributed by atoms with Crippen LogP contribution in [0, 0.1) is 5.92 Å². The zero-order valence-corrected chi connectivity index (χ0v) is 11.0. The van der Waals surface area contributed by atoms with Crippen molar-refractivity contribution in [2.24, 2.45) is 11.7 Å². The van der Waals surface area contributed by atoms with Gasteiger partial charge in [-0.1, -0.05) is 12.2 Å². The molecule has 0 saturated carbocycles. The minimum absolute atomic E-state index is 0.0415. The van der Waals surface area contributed by atoms with Gasteiger partial charge in [0.15, 0.2) is 0 Å². The maximum Gasteiger partial charge on any atom is 0.248 e. The first-order valence-corrected chi connectivity index (χ1v) is 6.18. The fourth-order valence-electron chi connectivity index (χ4n) is 1.54. The van der Waals surface area contributed by atoms with Crippen molar-refractivity contribution in [1.82, 2.24) is 4.90 Å². The minimum Gasteiger partial charge on any atom is -0.393 e. The van der Waals surface area contributed by atoms with Crippen molar-refractivity contribution in [3.05, 3.63) is 0 Å². The molecule has 1 heterocycles. The van der Waals surface area contributed by atoms with Crippen LogP contribution in [0.15, 0.2) is 0 Å². The Balaban J connectivity index is 2.08. The molecular weight excluding hydrogens is 240 g/mol. The fraction of sp³-hybridized carbons (Fsp3) is 0.818. The lowest BCUT2D eigenvalue weighted by atomic mass is 10.1. The van der Waals surface area contributed by atoms with Crippen molar-refractivity contribution in [3.8, 4) is 0 Å². The average Bonchev–Trinajstić information content (AvgIpc) is 2.78. The molecule has 0 spiro atoms. The molecule has 6 heteroatoms. The Labute approximate surface area is 107 Å². The van der Waals surface area contributed by atoms with Crippen LogP contribution in [0.25, 0.3) is 0 Å². The number of amides is 1. The lowest BCUT2D eigenvalue weighted by molar-refractivity contribution is -0.135. The van der Waals surface area contributed by atoms with Crippen molar-refractivity contribution in [2.75, 3.05) is 40.0 Å². The number of hydrogen-bond acceptors (Lipinski definition) is 4. The summed E-state index contributed by atoms with van der Waals surface area (Å²) in [6.45, 7) is 2.80. The lowest BCUT2D eigenvalue weighted by Gasteiger charge is -2.17. The molecule has 17 heavy (non-hydrogen) atoms. The monoisotopic (exact) mass is 260 g/mol. The van der Waals surface area contributed by atoms with Crippen LogP contribution >= 0.6 is 12.2 Å². The molecule has 1 rings (SSSR count). The second-order valence-electron chi connectivity index (χ2n) is 4.28. The Morgan fingerprint density at radius 2 is 2.41 bits per heavy atom. The molecule has 1 amide bonds. The molecule has 1 unspecified atom stereocenters. The molecule has 1 aliphatic heterocycles. The molecule has 2 N–H and O–H groups in total. The first-order valence-electron chi connectivity index (χ1n) is 5.77. The van der Waals surface area contributed by atoms with E-state index in [1.807, 2.05) is 0 Å². The highest BCUT2D eigenvalue weighted by molar-refractivity contribution is 7.80. The molecule has 0 bridgehead atoms. The predicted octanol–water partition coefficient (Wildman–Crippen LogP) is 0.174. The van der Waals surface area contributed by atoms with Gasteiger partial charge in [0.2, 0.25) is 5.91 Å². The summed E-state index contributed by atoms with van der Waals surface area (Å²) in [4.78, 5) is 13.6. The van der Waals surface area contributed by atoms with Gasteiger partial charge in [-0.25, -0.2) is 0 Å². The average molecular weight is 260 g/mol. The maximum absolute atomic E-state index is 11.6. The van der Waals surface area contributed by atoms with Crippen LogP contribution in [0.5, 0.6) is 0 Å². The molecule has 0 aromatic carbocycles. The normalized spacial score (nSPS) is 19.2. The zero-order chi connectivity index (χ0) is 12.7. The zero-order valence-electron chi connectivity index (χ0n) is 10.2. The third-order valence-corrected chi connectivity index (χ3v) is 2.93. The fourth-order valence-corrected chi connectivity index (χ4v) is 1.63. The van der Waals surface area contributed by atoms with Gasteiger partial charge in [-0.3, -0.25) is 4.79 Å². The summed E-state index contributed by atoms with van der Waals surface area (Å²) in [5, 5.41) is 0. The van der Waals surface area contributed by atoms with Gasteiger partial charge in [-0.05, 0) is 6.42 Å². The highest BCUT2D eigenvalue weighted by Gasteiger charge is 2.16. The van der Waals surface area contributed by atoms with Gasteiger partial charge < -0.3 is 20.1 Å². The van der Waals surface area contributed by atoms with Gasteiger partial charge in [0.05, 0.1) is 18.2 Å². The number of thiocarbonyl (C=S) groups is 1. The van der Waals surface area contributed by atoms with Gasteiger partial charge in [-0.2, -0.15) is 0 Å². The quantitative estimate of drug-likeness (QED) is 0.661. The summed E-state index contributed by atoms with van der Waals surface area (Å²) in [6.07, 6.45) is 1.57. The predicted molar refractivity (Wildman–Crippen MR) is 68.8 cm³/mol. The first-order chi connectivity index (χ1) is 8.09. The highest BCUT2D eigenvalue weighted by Crippen LogP contribution is 2.12. The topological polar surface area (TPSA) is 64.8 Å². The van der Waals surface area contributed by atoms with Crippen LogP contribution in [0.1, 0.15) is 12.8 Å². The molecule has 5 nitrogen and oxygen atoms in total. The molecule has 0 radical (unpaired) electrons. The summed E-state index contributed by atoms with van der Waals surface area (Å²) in [6, 6.07) is 0. The van der Waals surface area contributed by atoms with E-state index in [-0.39, 0.29) is 12.5 Å². The van der Waals surface area contributed by atoms with Crippen LogP contribution in [0.3, 0.4) is 0 Å². The van der Waals surface area contributed by atoms with E-state index in [2.05, 4.69) is 0 Å². The molecule has 98 valence electrons. The Morgan fingerprint density at radius 3 is 3.00 bits per heavy atom. The van der Waals surface area contributed by atoms with Crippen molar-refractivity contribution >= 4 is 23.1 Å². The van der Waals surface area contributed by atoms with Gasteiger partial charge in [-0.15, -0.1) is 0 Å². The van der Waals surface area contributed by atoms with Gasteiger partial charge in [0.1, 0.15) is 6.61 Å². The first kappa shape index (κ1) is 14.3. The number of nitrogens with zero attached hydrogens (tertiary/aromatic N) is 1. The number of hydrogen-bond donors (Lipinski definition) is 1. The van der Waals surface area contributed by atoms with E-state index in [1.165, 1.54) is 0 Å². The Kier molecular flexibility index (Phi) is 6.39. The molecular formula is C11H20N2O3S. The summed E-state index contributed by atoms with van der Waals surface area (Å²) in [5.74, 6) is 0.393. The highest BCUT2D eigenvalue weighted by atomic mass is 32.1. The van der Waals surface area contributed by atoms with E-state index in [4.69, 9.17) is 27.4 Å². The number of likely N-dealkylation sites (N-methyl/N-ethyl adjacent to an activating group) is 1.